The lowest BCUT2D eigenvalue weighted by Crippen LogP contribution is -2.25. The normalized spacial score (nSPS) is 18.9. The maximum Gasteiger partial charge on any atom is 0.248 e. The van der Waals surface area contributed by atoms with Crippen LogP contribution in [-0.4, -0.2) is 30.9 Å². The highest BCUT2D eigenvalue weighted by Crippen LogP contribution is 2.21. The van der Waals surface area contributed by atoms with Crippen LogP contribution in [-0.2, 0) is 16.6 Å². The van der Waals surface area contributed by atoms with Crippen molar-refractivity contribution in [3.8, 4) is 0 Å². The third kappa shape index (κ3) is 2.46. The molecule has 1 saturated heterocycles. The molecular formula is C11H15N3O3S. The number of anilines is 1. The van der Waals surface area contributed by atoms with E-state index < -0.39 is 15.9 Å². The Morgan fingerprint density at radius 1 is 1.39 bits per heavy atom. The molecule has 0 spiro atoms. The molecule has 1 aliphatic rings. The van der Waals surface area contributed by atoms with Gasteiger partial charge in [-0.25, -0.2) is 8.42 Å². The molecule has 0 saturated carbocycles. The van der Waals surface area contributed by atoms with Crippen LogP contribution in [0.15, 0.2) is 18.2 Å². The number of nitrogens with zero attached hydrogens (tertiary/aromatic N) is 1. The Bertz CT molecular complexity index is 583. The second kappa shape index (κ2) is 4.58. The Kier molecular flexibility index (Phi) is 3.27. The van der Waals surface area contributed by atoms with E-state index in [1.807, 2.05) is 0 Å². The number of nitrogens with two attached hydrogens (primary N) is 2. The number of primary amides is 1. The predicted octanol–water partition coefficient (Wildman–Crippen LogP) is -0.0968. The lowest BCUT2D eigenvalue weighted by atomic mass is 10.1. The molecule has 7 heteroatoms. The molecule has 1 aromatic rings. The van der Waals surface area contributed by atoms with E-state index >= 15 is 0 Å². The van der Waals surface area contributed by atoms with E-state index in [9.17, 15) is 13.2 Å². The molecule has 0 bridgehead atoms. The van der Waals surface area contributed by atoms with Crippen molar-refractivity contribution in [1.82, 2.24) is 4.31 Å². The zero-order chi connectivity index (χ0) is 13.3. The van der Waals surface area contributed by atoms with Gasteiger partial charge < -0.3 is 11.5 Å². The number of rotatable bonds is 3. The van der Waals surface area contributed by atoms with Crippen LogP contribution >= 0.6 is 0 Å². The molecule has 1 amide bonds. The standard InChI is InChI=1S/C11H15N3O3S/c12-10-6-8(11(13)15)2-3-9(10)7-14-4-1-5-18(14,16)17/h2-3,6H,1,4-5,7,12H2,(H2,13,15). The quantitative estimate of drug-likeness (QED) is 0.747. The van der Waals surface area contributed by atoms with Gasteiger partial charge in [0.15, 0.2) is 0 Å². The molecule has 0 aromatic heterocycles. The van der Waals surface area contributed by atoms with Gasteiger partial charge in [0.25, 0.3) is 0 Å². The summed E-state index contributed by atoms with van der Waals surface area (Å²) in [6, 6.07) is 4.67. The van der Waals surface area contributed by atoms with E-state index in [0.717, 1.165) is 0 Å². The zero-order valence-corrected chi connectivity index (χ0v) is 10.6. The van der Waals surface area contributed by atoms with Crippen molar-refractivity contribution >= 4 is 21.6 Å². The van der Waals surface area contributed by atoms with Crippen LogP contribution in [0.25, 0.3) is 0 Å². The number of hydrogen-bond acceptors (Lipinski definition) is 4. The number of hydrogen-bond donors (Lipinski definition) is 2. The highest BCUT2D eigenvalue weighted by atomic mass is 32.2. The second-order valence-corrected chi connectivity index (χ2v) is 6.37. The Morgan fingerprint density at radius 3 is 2.61 bits per heavy atom. The van der Waals surface area contributed by atoms with E-state index in [0.29, 0.717) is 29.8 Å². The highest BCUT2D eigenvalue weighted by molar-refractivity contribution is 7.89. The minimum atomic E-state index is -3.14. The van der Waals surface area contributed by atoms with Crippen molar-refractivity contribution in [3.63, 3.8) is 0 Å². The third-order valence-corrected chi connectivity index (χ3v) is 4.88. The van der Waals surface area contributed by atoms with Crippen LogP contribution in [0.5, 0.6) is 0 Å². The summed E-state index contributed by atoms with van der Waals surface area (Å²) in [7, 11) is -3.14. The molecule has 1 aromatic carbocycles. The minimum absolute atomic E-state index is 0.187. The van der Waals surface area contributed by atoms with E-state index in [1.165, 1.54) is 10.4 Å². The SMILES string of the molecule is NC(=O)c1ccc(CN2CCCS2(=O)=O)c(N)c1. The monoisotopic (exact) mass is 269 g/mol. The van der Waals surface area contributed by atoms with Crippen LogP contribution < -0.4 is 11.5 Å². The Morgan fingerprint density at radius 2 is 2.11 bits per heavy atom. The van der Waals surface area contributed by atoms with Gasteiger partial charge in [0.05, 0.1) is 5.75 Å². The average Bonchev–Trinajstić information content (AvgIpc) is 2.61. The summed E-state index contributed by atoms with van der Waals surface area (Å²) in [6.45, 7) is 0.757. The van der Waals surface area contributed by atoms with E-state index in [1.54, 1.807) is 12.1 Å². The Labute approximate surface area is 106 Å². The molecular weight excluding hydrogens is 254 g/mol. The minimum Gasteiger partial charge on any atom is -0.398 e. The van der Waals surface area contributed by atoms with E-state index in [-0.39, 0.29) is 12.3 Å². The van der Waals surface area contributed by atoms with Crippen LogP contribution in [0.1, 0.15) is 22.3 Å². The molecule has 1 heterocycles. The van der Waals surface area contributed by atoms with Crippen molar-refractivity contribution < 1.29 is 13.2 Å². The van der Waals surface area contributed by atoms with Gasteiger partial charge in [-0.05, 0) is 24.1 Å². The number of carbonyl (C=O) groups excluding carboxylic acids is 1. The maximum absolute atomic E-state index is 11.7. The topological polar surface area (TPSA) is 106 Å². The van der Waals surface area contributed by atoms with Gasteiger partial charge in [-0.1, -0.05) is 6.07 Å². The molecule has 1 aliphatic heterocycles. The maximum atomic E-state index is 11.7. The summed E-state index contributed by atoms with van der Waals surface area (Å²) in [5, 5.41) is 0. The van der Waals surface area contributed by atoms with Gasteiger partial charge in [-0.15, -0.1) is 0 Å². The number of carbonyl (C=O) groups is 1. The van der Waals surface area contributed by atoms with Crippen LogP contribution in [0.2, 0.25) is 0 Å². The first-order chi connectivity index (χ1) is 8.40. The fourth-order valence-corrected chi connectivity index (χ4v) is 3.45. The lowest BCUT2D eigenvalue weighted by Gasteiger charge is -2.15. The largest absolute Gasteiger partial charge is 0.398 e. The van der Waals surface area contributed by atoms with Gasteiger partial charge in [-0.3, -0.25) is 4.79 Å². The van der Waals surface area contributed by atoms with Gasteiger partial charge in [0, 0.05) is 24.3 Å². The summed E-state index contributed by atoms with van der Waals surface area (Å²) < 4.78 is 24.7. The van der Waals surface area contributed by atoms with Gasteiger partial charge in [0.2, 0.25) is 15.9 Å². The summed E-state index contributed by atoms with van der Waals surface area (Å²) in [4.78, 5) is 11.0. The van der Waals surface area contributed by atoms with Crippen molar-refractivity contribution in [3.05, 3.63) is 29.3 Å². The van der Waals surface area contributed by atoms with Gasteiger partial charge >= 0.3 is 0 Å². The highest BCUT2D eigenvalue weighted by Gasteiger charge is 2.28. The first kappa shape index (κ1) is 12.8. The van der Waals surface area contributed by atoms with Crippen LogP contribution in [0.4, 0.5) is 5.69 Å². The molecule has 0 unspecified atom stereocenters. The summed E-state index contributed by atoms with van der Waals surface area (Å²) >= 11 is 0. The Hall–Kier alpha value is -1.60. The van der Waals surface area contributed by atoms with E-state index in [2.05, 4.69) is 0 Å². The molecule has 0 radical (unpaired) electrons. The van der Waals surface area contributed by atoms with Crippen molar-refractivity contribution in [2.75, 3.05) is 18.0 Å². The fourth-order valence-electron chi connectivity index (χ4n) is 1.95. The third-order valence-electron chi connectivity index (χ3n) is 2.98. The zero-order valence-electron chi connectivity index (χ0n) is 9.80. The molecule has 6 nitrogen and oxygen atoms in total. The number of sulfonamides is 1. The molecule has 1 fully saturated rings. The molecule has 2 rings (SSSR count). The molecule has 4 N–H and O–H groups in total. The van der Waals surface area contributed by atoms with Crippen molar-refractivity contribution in [2.24, 2.45) is 5.73 Å². The van der Waals surface area contributed by atoms with Crippen molar-refractivity contribution in [2.45, 2.75) is 13.0 Å². The predicted molar refractivity (Wildman–Crippen MR) is 68.2 cm³/mol. The first-order valence-electron chi connectivity index (χ1n) is 5.56. The molecule has 98 valence electrons. The van der Waals surface area contributed by atoms with Crippen molar-refractivity contribution in [1.29, 1.82) is 0 Å². The summed E-state index contributed by atoms with van der Waals surface area (Å²) in [5.41, 5.74) is 12.3. The summed E-state index contributed by atoms with van der Waals surface area (Å²) in [6.07, 6.45) is 0.640. The number of amides is 1. The Balaban J connectivity index is 2.23. The van der Waals surface area contributed by atoms with Gasteiger partial charge in [0.1, 0.15) is 0 Å². The summed E-state index contributed by atoms with van der Waals surface area (Å²) in [5.74, 6) is -0.367. The molecule has 0 atom stereocenters. The van der Waals surface area contributed by atoms with Crippen LogP contribution in [0.3, 0.4) is 0 Å². The number of nitrogen functional groups attached to an aromatic ring is 1. The second-order valence-electron chi connectivity index (χ2n) is 4.28. The number of benzene rings is 1. The molecule has 0 aliphatic carbocycles. The van der Waals surface area contributed by atoms with Gasteiger partial charge in [-0.2, -0.15) is 4.31 Å². The lowest BCUT2D eigenvalue weighted by molar-refractivity contribution is 0.100. The average molecular weight is 269 g/mol. The first-order valence-corrected chi connectivity index (χ1v) is 7.17. The fraction of sp³-hybridized carbons (Fsp3) is 0.364. The van der Waals surface area contributed by atoms with E-state index in [4.69, 9.17) is 11.5 Å². The smallest absolute Gasteiger partial charge is 0.248 e. The van der Waals surface area contributed by atoms with Crippen LogP contribution in [0, 0.1) is 0 Å². The molecule has 18 heavy (non-hydrogen) atoms.